The average molecular weight is 597 g/mol. The van der Waals surface area contributed by atoms with Crippen LogP contribution in [0.4, 0.5) is 0 Å². The summed E-state index contributed by atoms with van der Waals surface area (Å²) in [5.41, 5.74) is 4.97. The first-order chi connectivity index (χ1) is 21.4. The third kappa shape index (κ3) is 5.02. The van der Waals surface area contributed by atoms with E-state index in [4.69, 9.17) is 23.7 Å². The molecule has 3 aromatic rings. The van der Waals surface area contributed by atoms with Gasteiger partial charge in [0.25, 0.3) is 0 Å². The van der Waals surface area contributed by atoms with Crippen molar-refractivity contribution in [2.45, 2.75) is 43.1 Å². The Bertz CT molecular complexity index is 1620. The summed E-state index contributed by atoms with van der Waals surface area (Å²) in [6.45, 7) is 0.0600. The first kappa shape index (κ1) is 29.5. The summed E-state index contributed by atoms with van der Waals surface area (Å²) in [5.74, 6) is 2.07. The summed E-state index contributed by atoms with van der Waals surface area (Å²) in [6, 6.07) is 15.1. The molecule has 0 aliphatic carbocycles. The molecule has 4 heterocycles. The van der Waals surface area contributed by atoms with E-state index in [-0.39, 0.29) is 30.8 Å². The van der Waals surface area contributed by atoms with Gasteiger partial charge in [0, 0.05) is 24.4 Å². The number of esters is 1. The number of carbonyl (C=O) groups is 1. The largest absolute Gasteiger partial charge is 0.493 e. The van der Waals surface area contributed by atoms with Gasteiger partial charge in [-0.2, -0.15) is 5.26 Å². The third-order valence-corrected chi connectivity index (χ3v) is 9.18. The van der Waals surface area contributed by atoms with E-state index in [0.29, 0.717) is 41.5 Å². The summed E-state index contributed by atoms with van der Waals surface area (Å²) in [6.07, 6.45) is 6.01. The van der Waals surface area contributed by atoms with Gasteiger partial charge in [0.15, 0.2) is 23.0 Å². The van der Waals surface area contributed by atoms with Gasteiger partial charge in [-0.3, -0.25) is 14.8 Å². The molecule has 0 amide bonds. The normalized spacial score (nSPS) is 24.0. The molecular formula is C34H36N4O6. The monoisotopic (exact) mass is 596 g/mol. The summed E-state index contributed by atoms with van der Waals surface area (Å²) >= 11 is 0. The number of nitrogens with zero attached hydrogens (tertiary/aromatic N) is 4. The number of ether oxygens (including phenoxy) is 5. The molecule has 6 rings (SSSR count). The summed E-state index contributed by atoms with van der Waals surface area (Å²) in [4.78, 5) is 21.8. The van der Waals surface area contributed by atoms with Crippen LogP contribution in [0.3, 0.4) is 0 Å². The summed E-state index contributed by atoms with van der Waals surface area (Å²) < 4.78 is 28.6. The van der Waals surface area contributed by atoms with Crippen LogP contribution in [0.2, 0.25) is 0 Å². The van der Waals surface area contributed by atoms with Gasteiger partial charge in [0.1, 0.15) is 12.6 Å². The van der Waals surface area contributed by atoms with Gasteiger partial charge in [-0.15, -0.1) is 0 Å². The van der Waals surface area contributed by atoms with Crippen molar-refractivity contribution in [2.75, 3.05) is 42.1 Å². The highest BCUT2D eigenvalue weighted by Gasteiger charge is 2.54. The molecule has 3 aliphatic rings. The Balaban J connectivity index is 1.43. The molecule has 0 spiro atoms. The van der Waals surface area contributed by atoms with Crippen molar-refractivity contribution in [3.05, 3.63) is 82.7 Å². The second-order valence-electron chi connectivity index (χ2n) is 11.2. The lowest BCUT2D eigenvalue weighted by molar-refractivity contribution is -0.143. The van der Waals surface area contributed by atoms with Crippen LogP contribution in [-0.4, -0.2) is 81.0 Å². The van der Waals surface area contributed by atoms with Crippen molar-refractivity contribution >= 4 is 12.0 Å². The second-order valence-corrected chi connectivity index (χ2v) is 11.2. The van der Waals surface area contributed by atoms with Crippen LogP contribution in [0, 0.1) is 11.3 Å². The highest BCUT2D eigenvalue weighted by Crippen LogP contribution is 2.52. The first-order valence-electron chi connectivity index (χ1n) is 14.6. The first-order valence-corrected chi connectivity index (χ1v) is 14.6. The number of carbonyl (C=O) groups excluding carboxylic acids is 1. The van der Waals surface area contributed by atoms with E-state index < -0.39 is 12.0 Å². The molecule has 0 unspecified atom stereocenters. The fourth-order valence-electron chi connectivity index (χ4n) is 7.18. The van der Waals surface area contributed by atoms with Crippen LogP contribution in [0.15, 0.2) is 54.7 Å². The molecule has 0 saturated carbocycles. The van der Waals surface area contributed by atoms with E-state index in [9.17, 15) is 10.1 Å². The molecule has 10 heteroatoms. The number of hydrogen-bond acceptors (Lipinski definition) is 10. The molecular weight excluding hydrogens is 560 g/mol. The molecule has 44 heavy (non-hydrogen) atoms. The van der Waals surface area contributed by atoms with Crippen molar-refractivity contribution in [1.82, 2.24) is 14.8 Å². The zero-order valence-electron chi connectivity index (χ0n) is 25.5. The topological polar surface area (TPSA) is 106 Å². The Morgan fingerprint density at radius 1 is 0.932 bits per heavy atom. The number of rotatable bonds is 8. The number of pyridine rings is 1. The van der Waals surface area contributed by atoms with E-state index in [1.807, 2.05) is 36.4 Å². The highest BCUT2D eigenvalue weighted by molar-refractivity contribution is 5.86. The number of piperazine rings is 1. The van der Waals surface area contributed by atoms with Crippen molar-refractivity contribution in [3.8, 4) is 29.1 Å². The van der Waals surface area contributed by atoms with Gasteiger partial charge < -0.3 is 23.7 Å². The lowest BCUT2D eigenvalue weighted by Gasteiger charge is -2.59. The number of hydrogen-bond donors (Lipinski definition) is 0. The molecule has 1 aromatic heterocycles. The quantitative estimate of drug-likeness (QED) is 0.278. The number of aromatic nitrogens is 1. The minimum Gasteiger partial charge on any atom is -0.493 e. The molecule has 0 radical (unpaired) electrons. The van der Waals surface area contributed by atoms with Gasteiger partial charge in [0.2, 0.25) is 0 Å². The SMILES string of the molecule is COc1cc2c(cc1OC)[C@@H]1[C@@H]3Cc4cc(OC)c(OC)cc4[C@H](COC(=O)/C=C/c4ccccn4)N3[C@@H](C#N)[C@H](C2)N1C. The van der Waals surface area contributed by atoms with Gasteiger partial charge in [-0.25, -0.2) is 4.79 Å². The Kier molecular flexibility index (Phi) is 8.17. The van der Waals surface area contributed by atoms with Gasteiger partial charge in [0.05, 0.1) is 52.3 Å². The zero-order valence-corrected chi connectivity index (χ0v) is 25.5. The molecule has 228 valence electrons. The number of likely N-dealkylation sites (N-methyl/N-ethyl adjacent to an activating group) is 1. The molecule has 3 aliphatic heterocycles. The maximum atomic E-state index is 12.9. The standard InChI is InChI=1S/C34H36N4O6/c1-37-25-12-21-15-30(41-3)32(43-5)17-24(21)34(37)26-13-20-14-29(40-2)31(42-4)16-23(20)28(38(26)27(25)18-35)19-44-33(39)10-9-22-8-6-7-11-36-22/h6-11,14-17,25-28,34H,12-13,19H2,1-5H3/b10-9+/t25-,26-,27-,28-,34+/m0/s1. The molecule has 5 atom stereocenters. The predicted molar refractivity (Wildman–Crippen MR) is 163 cm³/mol. The molecule has 2 aromatic carbocycles. The Labute approximate surface area is 257 Å². The predicted octanol–water partition coefficient (Wildman–Crippen LogP) is 4.14. The summed E-state index contributed by atoms with van der Waals surface area (Å²) in [7, 11) is 8.59. The molecule has 10 nitrogen and oxygen atoms in total. The zero-order chi connectivity index (χ0) is 31.0. The highest BCUT2D eigenvalue weighted by atomic mass is 16.5. The summed E-state index contributed by atoms with van der Waals surface area (Å²) in [5, 5.41) is 10.7. The van der Waals surface area contributed by atoms with Gasteiger partial charge >= 0.3 is 5.97 Å². The smallest absolute Gasteiger partial charge is 0.330 e. The van der Waals surface area contributed by atoms with Crippen LogP contribution in [0.1, 0.15) is 40.0 Å². The van der Waals surface area contributed by atoms with E-state index in [0.717, 1.165) is 22.3 Å². The molecule has 0 N–H and O–H groups in total. The average Bonchev–Trinajstić information content (AvgIpc) is 3.05. The van der Waals surface area contributed by atoms with Crippen molar-refractivity contribution < 1.29 is 28.5 Å². The van der Waals surface area contributed by atoms with Crippen LogP contribution in [-0.2, 0) is 22.4 Å². The van der Waals surface area contributed by atoms with E-state index in [2.05, 4.69) is 34.0 Å². The fourth-order valence-corrected chi connectivity index (χ4v) is 7.18. The minimum absolute atomic E-state index is 0.0448. The molecule has 2 bridgehead atoms. The molecule has 1 saturated heterocycles. The van der Waals surface area contributed by atoms with Crippen LogP contribution in [0.5, 0.6) is 23.0 Å². The Morgan fingerprint density at radius 3 is 2.16 bits per heavy atom. The second kappa shape index (κ2) is 12.2. The Hall–Kier alpha value is -4.59. The van der Waals surface area contributed by atoms with Gasteiger partial charge in [-0.05, 0) is 84.6 Å². The van der Waals surface area contributed by atoms with Crippen LogP contribution in [0.25, 0.3) is 6.08 Å². The van der Waals surface area contributed by atoms with E-state index >= 15 is 0 Å². The third-order valence-electron chi connectivity index (χ3n) is 9.18. The Morgan fingerprint density at radius 2 is 1.55 bits per heavy atom. The number of benzene rings is 2. The van der Waals surface area contributed by atoms with Crippen LogP contribution >= 0.6 is 0 Å². The van der Waals surface area contributed by atoms with E-state index in [1.54, 1.807) is 40.7 Å². The van der Waals surface area contributed by atoms with Crippen molar-refractivity contribution in [3.63, 3.8) is 0 Å². The minimum atomic E-state index is -0.482. The van der Waals surface area contributed by atoms with Gasteiger partial charge in [-0.1, -0.05) is 6.07 Å². The number of fused-ring (bicyclic) bond motifs is 7. The lowest BCUT2D eigenvalue weighted by Crippen LogP contribution is -2.68. The number of nitriles is 1. The fraction of sp³-hybridized carbons (Fsp3) is 0.382. The maximum Gasteiger partial charge on any atom is 0.330 e. The van der Waals surface area contributed by atoms with E-state index in [1.165, 1.54) is 6.08 Å². The number of methoxy groups -OCH3 is 4. The van der Waals surface area contributed by atoms with Crippen molar-refractivity contribution in [1.29, 1.82) is 5.26 Å². The maximum absolute atomic E-state index is 12.9. The lowest BCUT2D eigenvalue weighted by atomic mass is 9.72. The molecule has 1 fully saturated rings. The van der Waals surface area contributed by atoms with Crippen molar-refractivity contribution in [2.24, 2.45) is 0 Å². The van der Waals surface area contributed by atoms with Crippen LogP contribution < -0.4 is 18.9 Å².